The minimum Gasteiger partial charge on any atom is -0.348 e. The number of carbonyl (C=O) groups is 1. The number of benzene rings is 3. The number of carbonyl (C=O) groups excluding carboxylic acids is 1. The second-order valence-corrected chi connectivity index (χ2v) is 8.17. The van der Waals surface area contributed by atoms with Crippen molar-refractivity contribution in [2.45, 2.75) is 24.8 Å². The van der Waals surface area contributed by atoms with Gasteiger partial charge in [0.15, 0.2) is 0 Å². The van der Waals surface area contributed by atoms with Crippen LogP contribution >= 0.6 is 0 Å². The molecule has 4 rings (SSSR count). The molecule has 1 heterocycles. The van der Waals surface area contributed by atoms with Gasteiger partial charge in [0.1, 0.15) is 23.0 Å². The molecule has 0 aliphatic carbocycles. The molecule has 0 bridgehead atoms. The molecule has 1 aliphatic heterocycles. The normalized spacial score (nSPS) is 16.4. The Bertz CT molecular complexity index is 997. The first-order valence-electron chi connectivity index (χ1n) is 10.8. The first kappa shape index (κ1) is 22.1. The number of hydrogen-bond acceptors (Lipinski definition) is 2. The van der Waals surface area contributed by atoms with Crippen LogP contribution in [0.15, 0.2) is 72.8 Å². The summed E-state index contributed by atoms with van der Waals surface area (Å²) >= 11 is 0. The van der Waals surface area contributed by atoms with Crippen LogP contribution in [0, 0.1) is 17.5 Å². The lowest BCUT2D eigenvalue weighted by Crippen LogP contribution is -2.38. The first-order chi connectivity index (χ1) is 15.5. The van der Waals surface area contributed by atoms with Crippen LogP contribution in [-0.2, 0) is 0 Å². The highest BCUT2D eigenvalue weighted by atomic mass is 19.1. The first-order valence-corrected chi connectivity index (χ1v) is 10.8. The van der Waals surface area contributed by atoms with E-state index in [0.29, 0.717) is 25.1 Å². The van der Waals surface area contributed by atoms with Gasteiger partial charge in [-0.1, -0.05) is 60.7 Å². The van der Waals surface area contributed by atoms with Gasteiger partial charge in [-0.15, -0.1) is 0 Å². The van der Waals surface area contributed by atoms with Crippen molar-refractivity contribution in [2.75, 3.05) is 19.6 Å². The molecule has 166 valence electrons. The predicted molar refractivity (Wildman–Crippen MR) is 118 cm³/mol. The van der Waals surface area contributed by atoms with E-state index in [0.717, 1.165) is 19.5 Å². The number of likely N-dealkylation sites (tertiary alicyclic amines) is 1. The average molecular weight is 438 g/mol. The van der Waals surface area contributed by atoms with Crippen LogP contribution in [0.2, 0.25) is 0 Å². The monoisotopic (exact) mass is 438 g/mol. The zero-order chi connectivity index (χ0) is 22.5. The molecule has 1 fully saturated rings. The molecule has 0 radical (unpaired) electrons. The highest BCUT2D eigenvalue weighted by Crippen LogP contribution is 2.28. The van der Waals surface area contributed by atoms with Gasteiger partial charge >= 0.3 is 0 Å². The van der Waals surface area contributed by atoms with Crippen molar-refractivity contribution >= 4 is 5.91 Å². The smallest absolute Gasteiger partial charge is 0.257 e. The maximum Gasteiger partial charge on any atom is 0.257 e. The molecule has 1 atom stereocenters. The summed E-state index contributed by atoms with van der Waals surface area (Å²) in [6.45, 7) is 2.22. The van der Waals surface area contributed by atoms with E-state index in [1.807, 2.05) is 36.4 Å². The summed E-state index contributed by atoms with van der Waals surface area (Å²) in [6.07, 6.45) is 1.60. The predicted octanol–water partition coefficient (Wildman–Crippen LogP) is 5.13. The quantitative estimate of drug-likeness (QED) is 0.555. The van der Waals surface area contributed by atoms with E-state index < -0.39 is 28.9 Å². The molecule has 6 heteroatoms. The molecule has 1 unspecified atom stereocenters. The van der Waals surface area contributed by atoms with Crippen molar-refractivity contribution in [1.29, 1.82) is 0 Å². The van der Waals surface area contributed by atoms with E-state index in [-0.39, 0.29) is 12.0 Å². The third-order valence-corrected chi connectivity index (χ3v) is 5.98. The van der Waals surface area contributed by atoms with Crippen LogP contribution in [0.1, 0.15) is 40.2 Å². The zero-order valence-electron chi connectivity index (χ0n) is 17.6. The second kappa shape index (κ2) is 10.0. The standard InChI is InChI=1S/C26H25F3N2O/c27-20-15-23(28)25(24(29)16-20)26(32)30-21-11-13-31(17-21)14-12-22(18-7-3-1-4-8-18)19-9-5-2-6-10-19/h1-10,15-16,21-22H,11-14,17H2,(H,30,32). The summed E-state index contributed by atoms with van der Waals surface area (Å²) in [6, 6.07) is 21.6. The SMILES string of the molecule is O=C(NC1CCN(CCC(c2ccccc2)c2ccccc2)C1)c1c(F)cc(F)cc1F. The largest absolute Gasteiger partial charge is 0.348 e. The molecule has 0 saturated carbocycles. The highest BCUT2D eigenvalue weighted by molar-refractivity contribution is 5.95. The van der Waals surface area contributed by atoms with E-state index >= 15 is 0 Å². The molecule has 32 heavy (non-hydrogen) atoms. The molecule has 1 aliphatic rings. The lowest BCUT2D eigenvalue weighted by Gasteiger charge is -2.22. The molecule has 1 N–H and O–H groups in total. The van der Waals surface area contributed by atoms with Crippen molar-refractivity contribution in [3.63, 3.8) is 0 Å². The zero-order valence-corrected chi connectivity index (χ0v) is 17.6. The number of halogens is 3. The number of nitrogens with one attached hydrogen (secondary N) is 1. The van der Waals surface area contributed by atoms with Crippen molar-refractivity contribution < 1.29 is 18.0 Å². The van der Waals surface area contributed by atoms with E-state index in [9.17, 15) is 18.0 Å². The summed E-state index contributed by atoms with van der Waals surface area (Å²) in [5, 5.41) is 2.69. The van der Waals surface area contributed by atoms with Gasteiger partial charge in [-0.25, -0.2) is 13.2 Å². The molecular weight excluding hydrogens is 413 g/mol. The Kier molecular flexibility index (Phi) is 6.90. The van der Waals surface area contributed by atoms with E-state index in [2.05, 4.69) is 34.5 Å². The average Bonchev–Trinajstić information content (AvgIpc) is 3.22. The van der Waals surface area contributed by atoms with E-state index in [4.69, 9.17) is 0 Å². The van der Waals surface area contributed by atoms with Crippen LogP contribution in [0.25, 0.3) is 0 Å². The van der Waals surface area contributed by atoms with Gasteiger partial charge in [0.25, 0.3) is 5.91 Å². The maximum absolute atomic E-state index is 13.9. The molecule has 3 aromatic rings. The van der Waals surface area contributed by atoms with Gasteiger partial charge in [0.05, 0.1) is 0 Å². The number of hydrogen-bond donors (Lipinski definition) is 1. The molecule has 3 nitrogen and oxygen atoms in total. The van der Waals surface area contributed by atoms with Crippen LogP contribution in [0.5, 0.6) is 0 Å². The van der Waals surface area contributed by atoms with Crippen molar-refractivity contribution in [3.8, 4) is 0 Å². The van der Waals surface area contributed by atoms with E-state index in [1.165, 1.54) is 11.1 Å². The van der Waals surface area contributed by atoms with Crippen LogP contribution in [-0.4, -0.2) is 36.5 Å². The maximum atomic E-state index is 13.9. The van der Waals surface area contributed by atoms with Crippen LogP contribution in [0.3, 0.4) is 0 Å². The Morgan fingerprint density at radius 1 is 0.938 bits per heavy atom. The lowest BCUT2D eigenvalue weighted by molar-refractivity contribution is 0.0929. The fourth-order valence-electron chi connectivity index (χ4n) is 4.38. The number of rotatable bonds is 7. The Morgan fingerprint density at radius 3 is 2.06 bits per heavy atom. The Morgan fingerprint density at radius 2 is 1.50 bits per heavy atom. The van der Waals surface area contributed by atoms with Gasteiger partial charge in [0.2, 0.25) is 0 Å². The Balaban J connectivity index is 1.37. The van der Waals surface area contributed by atoms with Crippen molar-refractivity contribution in [3.05, 3.63) is 107 Å². The highest BCUT2D eigenvalue weighted by Gasteiger charge is 2.27. The molecule has 1 saturated heterocycles. The summed E-state index contributed by atoms with van der Waals surface area (Å²) in [7, 11) is 0. The minimum atomic E-state index is -1.19. The van der Waals surface area contributed by atoms with Gasteiger partial charge < -0.3 is 10.2 Å². The third kappa shape index (κ3) is 5.19. The fourth-order valence-corrected chi connectivity index (χ4v) is 4.38. The summed E-state index contributed by atoms with van der Waals surface area (Å²) in [4.78, 5) is 14.6. The minimum absolute atomic E-state index is 0.210. The topological polar surface area (TPSA) is 32.3 Å². The number of amides is 1. The summed E-state index contributed by atoms with van der Waals surface area (Å²) in [5.74, 6) is -4.02. The summed E-state index contributed by atoms with van der Waals surface area (Å²) in [5.41, 5.74) is 1.77. The van der Waals surface area contributed by atoms with Gasteiger partial charge in [-0.2, -0.15) is 0 Å². The van der Waals surface area contributed by atoms with Gasteiger partial charge in [0, 0.05) is 37.2 Å². The van der Waals surface area contributed by atoms with Gasteiger partial charge in [-0.05, 0) is 30.5 Å². The van der Waals surface area contributed by atoms with E-state index in [1.54, 1.807) is 0 Å². The number of nitrogens with zero attached hydrogens (tertiary/aromatic N) is 1. The van der Waals surface area contributed by atoms with Crippen LogP contribution in [0.4, 0.5) is 13.2 Å². The van der Waals surface area contributed by atoms with Gasteiger partial charge in [-0.3, -0.25) is 4.79 Å². The summed E-state index contributed by atoms with van der Waals surface area (Å²) < 4.78 is 40.9. The molecule has 1 amide bonds. The molecule has 3 aromatic carbocycles. The molecule has 0 aromatic heterocycles. The molecule has 0 spiro atoms. The van der Waals surface area contributed by atoms with Crippen molar-refractivity contribution in [2.24, 2.45) is 0 Å². The lowest BCUT2D eigenvalue weighted by atomic mass is 9.88. The second-order valence-electron chi connectivity index (χ2n) is 8.17. The fraction of sp³-hybridized carbons (Fsp3) is 0.269. The Hall–Kier alpha value is -3.12. The Labute approximate surface area is 185 Å². The molecular formula is C26H25F3N2O. The van der Waals surface area contributed by atoms with Crippen LogP contribution < -0.4 is 5.32 Å². The third-order valence-electron chi connectivity index (χ3n) is 5.98. The van der Waals surface area contributed by atoms with Crippen molar-refractivity contribution in [1.82, 2.24) is 10.2 Å².